The molecule has 1 saturated carbocycles. The molecule has 1 fully saturated rings. The largest absolute Gasteiger partial charge is 0.488 e. The minimum Gasteiger partial charge on any atom is -0.488 e. The first-order chi connectivity index (χ1) is 17.8. The molecule has 2 aromatic carbocycles. The Morgan fingerprint density at radius 1 is 1.22 bits per heavy atom. The number of aldehydes is 1. The molecular weight excluding hydrogens is 520 g/mol. The smallest absolute Gasteiger partial charge is 0.166 e. The SMILES string of the molecule is C=CC=O.CNC1CC(Oc2cc3c(Nc4ccc(Cl)c(Cl)c4F)ncnc3cc2OCCN(C)C)C1. The summed E-state index contributed by atoms with van der Waals surface area (Å²) in [6.45, 7) is 4.37. The third kappa shape index (κ3) is 7.52. The maximum Gasteiger partial charge on any atom is 0.166 e. The maximum atomic E-state index is 14.6. The number of nitrogens with zero attached hydrogens (tertiary/aromatic N) is 3. The van der Waals surface area contributed by atoms with Crippen molar-refractivity contribution in [2.24, 2.45) is 0 Å². The van der Waals surface area contributed by atoms with Crippen LogP contribution in [0.5, 0.6) is 11.5 Å². The van der Waals surface area contributed by atoms with Crippen LogP contribution in [0.2, 0.25) is 10.0 Å². The molecule has 0 radical (unpaired) electrons. The number of carbonyl (C=O) groups excluding carboxylic acids is 1. The van der Waals surface area contributed by atoms with E-state index >= 15 is 0 Å². The summed E-state index contributed by atoms with van der Waals surface area (Å²) in [5, 5.41) is 6.92. The van der Waals surface area contributed by atoms with Gasteiger partial charge in [-0.05, 0) is 58.3 Å². The molecule has 198 valence electrons. The lowest BCUT2D eigenvalue weighted by atomic mass is 9.89. The van der Waals surface area contributed by atoms with Crippen molar-refractivity contribution < 1.29 is 18.7 Å². The molecule has 3 aromatic rings. The topological polar surface area (TPSA) is 88.6 Å². The second kappa shape index (κ2) is 13.5. The molecule has 37 heavy (non-hydrogen) atoms. The maximum absolute atomic E-state index is 14.6. The summed E-state index contributed by atoms with van der Waals surface area (Å²) in [6, 6.07) is 7.16. The van der Waals surface area contributed by atoms with Crippen molar-refractivity contribution in [3.05, 3.63) is 59.1 Å². The number of ether oxygens (including phenoxy) is 2. The Labute approximate surface area is 225 Å². The van der Waals surface area contributed by atoms with Gasteiger partial charge in [0.1, 0.15) is 31.1 Å². The normalized spacial score (nSPS) is 16.4. The molecule has 0 spiro atoms. The zero-order valence-corrected chi connectivity index (χ0v) is 22.4. The lowest BCUT2D eigenvalue weighted by molar-refractivity contribution is -0.104. The summed E-state index contributed by atoms with van der Waals surface area (Å²) in [5.41, 5.74) is 0.802. The second-order valence-corrected chi connectivity index (χ2v) is 9.39. The number of rotatable bonds is 10. The Morgan fingerprint density at radius 3 is 2.59 bits per heavy atom. The van der Waals surface area contributed by atoms with Crippen molar-refractivity contribution in [2.45, 2.75) is 25.0 Å². The number of benzene rings is 2. The minimum atomic E-state index is -0.649. The lowest BCUT2D eigenvalue weighted by Crippen LogP contribution is -2.45. The standard InChI is InChI=1S/C23H26Cl2FN5O2.C3H4O/c1-27-13-8-14(9-13)33-20-10-15-18(11-19(20)32-7-6-31(2)3)28-12-29-23(15)30-17-5-4-16(24)21(25)22(17)26;1-2-3-4/h4-5,10-14,27H,6-9H2,1-3H3,(H,28,29,30);2-3H,1H2. The first-order valence-electron chi connectivity index (χ1n) is 11.6. The van der Waals surface area contributed by atoms with E-state index in [0.29, 0.717) is 47.2 Å². The van der Waals surface area contributed by atoms with Gasteiger partial charge in [0.2, 0.25) is 0 Å². The van der Waals surface area contributed by atoms with Crippen molar-refractivity contribution in [3.8, 4) is 11.5 Å². The molecule has 0 atom stereocenters. The highest BCUT2D eigenvalue weighted by Crippen LogP contribution is 2.38. The van der Waals surface area contributed by atoms with Gasteiger partial charge in [-0.25, -0.2) is 14.4 Å². The number of hydrogen-bond donors (Lipinski definition) is 2. The van der Waals surface area contributed by atoms with Crippen LogP contribution in [0.4, 0.5) is 15.9 Å². The lowest BCUT2D eigenvalue weighted by Gasteiger charge is -2.35. The molecule has 1 aromatic heterocycles. The van der Waals surface area contributed by atoms with E-state index in [1.54, 1.807) is 0 Å². The molecule has 0 amide bonds. The molecule has 1 aliphatic rings. The summed E-state index contributed by atoms with van der Waals surface area (Å²) in [4.78, 5) is 19.8. The van der Waals surface area contributed by atoms with E-state index in [0.717, 1.165) is 19.4 Å². The molecule has 2 N–H and O–H groups in total. The molecule has 0 saturated heterocycles. The molecule has 1 aliphatic carbocycles. The number of fused-ring (bicyclic) bond motifs is 1. The fourth-order valence-electron chi connectivity index (χ4n) is 3.53. The highest BCUT2D eigenvalue weighted by molar-refractivity contribution is 6.42. The molecule has 11 heteroatoms. The van der Waals surface area contributed by atoms with Crippen molar-refractivity contribution >= 4 is 51.9 Å². The quantitative estimate of drug-likeness (QED) is 0.201. The number of likely N-dealkylation sites (N-methyl/N-ethyl adjacent to an activating group) is 1. The molecule has 8 nitrogen and oxygen atoms in total. The molecule has 0 bridgehead atoms. The van der Waals surface area contributed by atoms with E-state index in [1.807, 2.05) is 38.2 Å². The number of halogens is 3. The summed E-state index contributed by atoms with van der Waals surface area (Å²) < 4.78 is 26.9. The van der Waals surface area contributed by atoms with Crippen LogP contribution in [0, 0.1) is 5.82 Å². The van der Waals surface area contributed by atoms with Gasteiger partial charge in [0.25, 0.3) is 0 Å². The Morgan fingerprint density at radius 2 is 1.95 bits per heavy atom. The Balaban J connectivity index is 0.000000886. The van der Waals surface area contributed by atoms with E-state index < -0.39 is 5.82 Å². The fraction of sp³-hybridized carbons (Fsp3) is 0.346. The first-order valence-corrected chi connectivity index (χ1v) is 12.4. The number of nitrogens with one attached hydrogen (secondary N) is 2. The van der Waals surface area contributed by atoms with Crippen LogP contribution < -0.4 is 20.1 Å². The fourth-order valence-corrected chi connectivity index (χ4v) is 3.84. The second-order valence-electron chi connectivity index (χ2n) is 8.61. The van der Waals surface area contributed by atoms with Crippen molar-refractivity contribution in [3.63, 3.8) is 0 Å². The molecule has 0 unspecified atom stereocenters. The Kier molecular flexibility index (Phi) is 10.5. The average Bonchev–Trinajstić information content (AvgIpc) is 2.86. The van der Waals surface area contributed by atoms with Gasteiger partial charge in [-0.15, -0.1) is 0 Å². The Bertz CT molecular complexity index is 1230. The van der Waals surface area contributed by atoms with Gasteiger partial charge >= 0.3 is 0 Å². The van der Waals surface area contributed by atoms with Crippen LogP contribution in [0.3, 0.4) is 0 Å². The number of carbonyl (C=O) groups is 1. The molecule has 0 aliphatic heterocycles. The summed E-state index contributed by atoms with van der Waals surface area (Å²) in [6.07, 6.45) is 5.16. The molecule has 1 heterocycles. The van der Waals surface area contributed by atoms with Crippen LogP contribution in [0.1, 0.15) is 12.8 Å². The van der Waals surface area contributed by atoms with E-state index in [4.69, 9.17) is 37.5 Å². The van der Waals surface area contributed by atoms with Gasteiger partial charge in [-0.1, -0.05) is 29.8 Å². The van der Waals surface area contributed by atoms with Gasteiger partial charge in [0.05, 0.1) is 21.2 Å². The predicted molar refractivity (Wildman–Crippen MR) is 146 cm³/mol. The highest BCUT2D eigenvalue weighted by Gasteiger charge is 2.30. The summed E-state index contributed by atoms with van der Waals surface area (Å²) in [7, 11) is 5.92. The first kappa shape index (κ1) is 28.6. The number of aromatic nitrogens is 2. The zero-order valence-electron chi connectivity index (χ0n) is 20.9. The van der Waals surface area contributed by atoms with Crippen molar-refractivity contribution in [1.29, 1.82) is 0 Å². The monoisotopic (exact) mass is 549 g/mol. The zero-order chi connectivity index (χ0) is 26.9. The van der Waals surface area contributed by atoms with Gasteiger partial charge in [0.15, 0.2) is 17.3 Å². The van der Waals surface area contributed by atoms with Crippen LogP contribution >= 0.6 is 23.2 Å². The summed E-state index contributed by atoms with van der Waals surface area (Å²) >= 11 is 11.9. The van der Waals surface area contributed by atoms with Gasteiger partial charge < -0.3 is 25.0 Å². The highest BCUT2D eigenvalue weighted by atomic mass is 35.5. The predicted octanol–water partition coefficient (Wildman–Crippen LogP) is 5.26. The number of anilines is 2. The van der Waals surface area contributed by atoms with Crippen molar-refractivity contribution in [1.82, 2.24) is 20.2 Å². The van der Waals surface area contributed by atoms with Gasteiger partial charge in [-0.3, -0.25) is 4.79 Å². The van der Waals surface area contributed by atoms with Crippen LogP contribution in [0.25, 0.3) is 10.9 Å². The Hall–Kier alpha value is -2.98. The van der Waals surface area contributed by atoms with Crippen LogP contribution in [0.15, 0.2) is 43.2 Å². The summed E-state index contributed by atoms with van der Waals surface area (Å²) in [5.74, 6) is 0.989. The van der Waals surface area contributed by atoms with Gasteiger partial charge in [0, 0.05) is 24.0 Å². The van der Waals surface area contributed by atoms with E-state index in [2.05, 4.69) is 27.2 Å². The molecule has 4 rings (SSSR count). The van der Waals surface area contributed by atoms with Gasteiger partial charge in [-0.2, -0.15) is 0 Å². The van der Waals surface area contributed by atoms with Crippen LogP contribution in [-0.4, -0.2) is 67.6 Å². The number of allylic oxidation sites excluding steroid dienone is 1. The van der Waals surface area contributed by atoms with E-state index in [-0.39, 0.29) is 21.8 Å². The minimum absolute atomic E-state index is 0.0876. The average molecular weight is 550 g/mol. The van der Waals surface area contributed by atoms with Crippen molar-refractivity contribution in [2.75, 3.05) is 39.6 Å². The third-order valence-corrected chi connectivity index (χ3v) is 6.46. The number of hydrogen-bond acceptors (Lipinski definition) is 8. The van der Waals surface area contributed by atoms with E-state index in [9.17, 15) is 4.39 Å². The van der Waals surface area contributed by atoms with E-state index in [1.165, 1.54) is 24.5 Å². The van der Waals surface area contributed by atoms with Crippen LogP contribution in [-0.2, 0) is 4.79 Å². The third-order valence-electron chi connectivity index (χ3n) is 5.68. The molecular formula is C26H30Cl2FN5O3.